The predicted molar refractivity (Wildman–Crippen MR) is 131 cm³/mol. The second-order valence-corrected chi connectivity index (χ2v) is 9.31. The number of aryl methyl sites for hydroxylation is 2. The maximum Gasteiger partial charge on any atom is 0.300 e. The minimum absolute atomic E-state index is 0.00313. The third kappa shape index (κ3) is 3.96. The van der Waals surface area contributed by atoms with Gasteiger partial charge in [-0.15, -0.1) is 0 Å². The minimum atomic E-state index is -0.865. The molecule has 1 heterocycles. The van der Waals surface area contributed by atoms with Crippen LogP contribution in [0.2, 0.25) is 10.0 Å². The standard InChI is InChI=1S/C25H18BrCl2NO3/c1-13-4-3-5-17(10-13)29-22(15-7-9-19(27)20(28)12-15)21(24(31)25(29)32)23(30)16-6-8-18(26)14(2)11-16/h3-12,22,30H,1-2H3/b23-21-. The highest BCUT2D eigenvalue weighted by Gasteiger charge is 2.47. The molecule has 3 aromatic carbocycles. The van der Waals surface area contributed by atoms with Crippen molar-refractivity contribution in [3.8, 4) is 0 Å². The van der Waals surface area contributed by atoms with Crippen molar-refractivity contribution in [3.63, 3.8) is 0 Å². The van der Waals surface area contributed by atoms with Gasteiger partial charge in [-0.3, -0.25) is 14.5 Å². The van der Waals surface area contributed by atoms with E-state index in [2.05, 4.69) is 15.9 Å². The number of aliphatic hydroxyl groups is 1. The summed E-state index contributed by atoms with van der Waals surface area (Å²) in [5.74, 6) is -1.73. The zero-order chi connectivity index (χ0) is 23.2. The van der Waals surface area contributed by atoms with Crippen molar-refractivity contribution in [2.24, 2.45) is 0 Å². The Morgan fingerprint density at radius 3 is 2.38 bits per heavy atom. The van der Waals surface area contributed by atoms with Crippen molar-refractivity contribution in [1.29, 1.82) is 0 Å². The van der Waals surface area contributed by atoms with Crippen LogP contribution < -0.4 is 4.90 Å². The third-order valence-corrected chi connectivity index (χ3v) is 7.04. The van der Waals surface area contributed by atoms with Crippen molar-refractivity contribution >= 4 is 62.3 Å². The van der Waals surface area contributed by atoms with Crippen LogP contribution in [0.5, 0.6) is 0 Å². The number of hydrogen-bond donors (Lipinski definition) is 1. The molecule has 0 aromatic heterocycles. The molecule has 1 aliphatic heterocycles. The molecule has 1 saturated heterocycles. The van der Waals surface area contributed by atoms with Crippen LogP contribution in [-0.4, -0.2) is 16.8 Å². The average Bonchev–Trinajstić information content (AvgIpc) is 3.02. The molecular formula is C25H18BrCl2NO3. The van der Waals surface area contributed by atoms with Crippen molar-refractivity contribution in [3.05, 3.63) is 103 Å². The van der Waals surface area contributed by atoms with Gasteiger partial charge in [0.2, 0.25) is 0 Å². The van der Waals surface area contributed by atoms with E-state index < -0.39 is 17.7 Å². The summed E-state index contributed by atoms with van der Waals surface area (Å²) < 4.78 is 0.871. The molecule has 0 aliphatic carbocycles. The third-order valence-electron chi connectivity index (χ3n) is 5.42. The lowest BCUT2D eigenvalue weighted by atomic mass is 9.94. The van der Waals surface area contributed by atoms with Gasteiger partial charge < -0.3 is 5.11 Å². The monoisotopic (exact) mass is 529 g/mol. The Bertz CT molecular complexity index is 1300. The number of nitrogens with zero attached hydrogens (tertiary/aromatic N) is 1. The van der Waals surface area contributed by atoms with Crippen molar-refractivity contribution < 1.29 is 14.7 Å². The summed E-state index contributed by atoms with van der Waals surface area (Å²) in [5, 5.41) is 11.8. The van der Waals surface area contributed by atoms with Crippen LogP contribution in [0.4, 0.5) is 5.69 Å². The van der Waals surface area contributed by atoms with Gasteiger partial charge in [0.1, 0.15) is 5.76 Å². The molecule has 1 atom stereocenters. The number of amides is 1. The Morgan fingerprint density at radius 2 is 1.72 bits per heavy atom. The van der Waals surface area contributed by atoms with Gasteiger partial charge in [0.25, 0.3) is 11.7 Å². The van der Waals surface area contributed by atoms with Gasteiger partial charge in [0, 0.05) is 15.7 Å². The maximum absolute atomic E-state index is 13.2. The van der Waals surface area contributed by atoms with Crippen molar-refractivity contribution in [2.75, 3.05) is 4.90 Å². The molecule has 1 amide bonds. The molecule has 0 saturated carbocycles. The maximum atomic E-state index is 13.2. The van der Waals surface area contributed by atoms with E-state index in [9.17, 15) is 14.7 Å². The number of hydrogen-bond acceptors (Lipinski definition) is 3. The SMILES string of the molecule is Cc1cccc(N2C(=O)C(=O)/C(=C(\O)c3ccc(Br)c(C)c3)C2c2ccc(Cl)c(Cl)c2)c1. The van der Waals surface area contributed by atoms with E-state index in [-0.39, 0.29) is 11.3 Å². The first kappa shape index (κ1) is 22.6. The first-order valence-electron chi connectivity index (χ1n) is 9.78. The van der Waals surface area contributed by atoms with E-state index >= 15 is 0 Å². The minimum Gasteiger partial charge on any atom is -0.507 e. The number of ketones is 1. The molecule has 4 nitrogen and oxygen atoms in total. The molecule has 0 spiro atoms. The van der Waals surface area contributed by atoms with Gasteiger partial charge >= 0.3 is 0 Å². The van der Waals surface area contributed by atoms with Gasteiger partial charge in [-0.2, -0.15) is 0 Å². The smallest absolute Gasteiger partial charge is 0.300 e. The summed E-state index contributed by atoms with van der Waals surface area (Å²) in [4.78, 5) is 27.8. The fourth-order valence-corrected chi connectivity index (χ4v) is 4.38. The van der Waals surface area contributed by atoms with Gasteiger partial charge in [0.15, 0.2) is 0 Å². The summed E-state index contributed by atoms with van der Waals surface area (Å²) in [5.41, 5.74) is 3.37. The van der Waals surface area contributed by atoms with Gasteiger partial charge in [-0.25, -0.2) is 0 Å². The van der Waals surface area contributed by atoms with E-state index in [0.29, 0.717) is 26.9 Å². The quantitative estimate of drug-likeness (QED) is 0.225. The Kier molecular flexibility index (Phi) is 6.17. The molecule has 1 aliphatic rings. The lowest BCUT2D eigenvalue weighted by molar-refractivity contribution is -0.132. The number of aliphatic hydroxyl groups excluding tert-OH is 1. The first-order valence-corrected chi connectivity index (χ1v) is 11.3. The highest BCUT2D eigenvalue weighted by Crippen LogP contribution is 2.43. The Labute approximate surface area is 204 Å². The molecule has 7 heteroatoms. The number of anilines is 1. The number of carbonyl (C=O) groups excluding carboxylic acids is 2. The summed E-state index contributed by atoms with van der Waals surface area (Å²) in [6.45, 7) is 3.78. The zero-order valence-electron chi connectivity index (χ0n) is 17.2. The number of halogens is 3. The molecular weight excluding hydrogens is 513 g/mol. The van der Waals surface area contributed by atoms with E-state index in [1.807, 2.05) is 32.0 Å². The summed E-state index contributed by atoms with van der Waals surface area (Å²) in [7, 11) is 0. The Balaban J connectivity index is 1.98. The summed E-state index contributed by atoms with van der Waals surface area (Å²) in [6.07, 6.45) is 0. The first-order chi connectivity index (χ1) is 15.2. The fourth-order valence-electron chi connectivity index (χ4n) is 3.82. The van der Waals surface area contributed by atoms with Crippen LogP contribution in [0.25, 0.3) is 5.76 Å². The molecule has 0 bridgehead atoms. The van der Waals surface area contributed by atoms with Gasteiger partial charge in [-0.05, 0) is 66.9 Å². The van der Waals surface area contributed by atoms with E-state index in [0.717, 1.165) is 15.6 Å². The highest BCUT2D eigenvalue weighted by molar-refractivity contribution is 9.10. The number of rotatable bonds is 3. The van der Waals surface area contributed by atoms with Crippen LogP contribution in [-0.2, 0) is 9.59 Å². The highest BCUT2D eigenvalue weighted by atomic mass is 79.9. The van der Waals surface area contributed by atoms with Crippen molar-refractivity contribution in [1.82, 2.24) is 0 Å². The fraction of sp³-hybridized carbons (Fsp3) is 0.120. The molecule has 4 rings (SSSR count). The zero-order valence-corrected chi connectivity index (χ0v) is 20.3. The number of Topliss-reactive ketones (excluding diaryl/α,β-unsaturated/α-hetero) is 1. The van der Waals surface area contributed by atoms with Crippen LogP contribution in [0.3, 0.4) is 0 Å². The lowest BCUT2D eigenvalue weighted by Crippen LogP contribution is -2.29. The predicted octanol–water partition coefficient (Wildman–Crippen LogP) is 7.00. The Hall–Kier alpha value is -2.60. The van der Waals surface area contributed by atoms with Gasteiger partial charge in [-0.1, -0.05) is 63.4 Å². The van der Waals surface area contributed by atoms with E-state index in [4.69, 9.17) is 23.2 Å². The molecule has 1 fully saturated rings. The van der Waals surface area contributed by atoms with Crippen LogP contribution in [0, 0.1) is 13.8 Å². The average molecular weight is 531 g/mol. The molecule has 162 valence electrons. The number of benzene rings is 3. The largest absolute Gasteiger partial charge is 0.507 e. The summed E-state index contributed by atoms with van der Waals surface area (Å²) in [6, 6.07) is 16.6. The molecule has 0 radical (unpaired) electrons. The van der Waals surface area contributed by atoms with Gasteiger partial charge in [0.05, 0.1) is 21.7 Å². The van der Waals surface area contributed by atoms with E-state index in [1.54, 1.807) is 42.5 Å². The molecule has 1 N–H and O–H groups in total. The number of carbonyl (C=O) groups is 2. The summed E-state index contributed by atoms with van der Waals surface area (Å²) >= 11 is 15.8. The topological polar surface area (TPSA) is 57.6 Å². The Morgan fingerprint density at radius 1 is 0.969 bits per heavy atom. The molecule has 3 aromatic rings. The second kappa shape index (κ2) is 8.74. The second-order valence-electron chi connectivity index (χ2n) is 7.65. The van der Waals surface area contributed by atoms with Crippen LogP contribution in [0.1, 0.15) is 28.3 Å². The normalized spacial score (nSPS) is 17.8. The molecule has 1 unspecified atom stereocenters. The van der Waals surface area contributed by atoms with Crippen LogP contribution >= 0.6 is 39.1 Å². The lowest BCUT2D eigenvalue weighted by Gasteiger charge is -2.26. The molecule has 32 heavy (non-hydrogen) atoms. The van der Waals surface area contributed by atoms with Crippen LogP contribution in [0.15, 0.2) is 70.7 Å². The van der Waals surface area contributed by atoms with Crippen molar-refractivity contribution in [2.45, 2.75) is 19.9 Å². The van der Waals surface area contributed by atoms with E-state index in [1.165, 1.54) is 4.90 Å².